The van der Waals surface area contributed by atoms with Gasteiger partial charge in [-0.3, -0.25) is 9.59 Å². The van der Waals surface area contributed by atoms with Crippen LogP contribution in [0.5, 0.6) is 0 Å². The van der Waals surface area contributed by atoms with Crippen LogP contribution in [0.3, 0.4) is 0 Å². The van der Waals surface area contributed by atoms with Gasteiger partial charge < -0.3 is 10.4 Å². The molecule has 132 valence electrons. The lowest BCUT2D eigenvalue weighted by Crippen LogP contribution is -2.25. The molecule has 0 saturated carbocycles. The summed E-state index contributed by atoms with van der Waals surface area (Å²) >= 11 is 4.32. The Kier molecular flexibility index (Phi) is 7.54. The molecule has 0 aliphatic rings. The fourth-order valence-corrected chi connectivity index (χ4v) is 2.89. The Labute approximate surface area is 153 Å². The Hall–Kier alpha value is -2.27. The summed E-state index contributed by atoms with van der Waals surface area (Å²) in [6, 6.07) is 17.1. The molecule has 0 spiro atoms. The Bertz CT molecular complexity index is 703. The molecule has 0 aromatic heterocycles. The highest BCUT2D eigenvalue weighted by Crippen LogP contribution is 2.16. The Morgan fingerprint density at radius 2 is 1.84 bits per heavy atom. The number of aryl methyl sites for hydroxylation is 1. The number of benzene rings is 2. The van der Waals surface area contributed by atoms with Gasteiger partial charge in [0.15, 0.2) is 5.78 Å². The number of aliphatic carboxylic acids is 1. The number of carbonyl (C=O) groups excluding carboxylic acids is 1. The zero-order valence-electron chi connectivity index (χ0n) is 14.0. The Balaban J connectivity index is 1.92. The second kappa shape index (κ2) is 9.89. The molecular formula is C20H23NO3S. The third-order valence-electron chi connectivity index (χ3n) is 3.99. The summed E-state index contributed by atoms with van der Waals surface area (Å²) < 4.78 is 0. The molecule has 2 aromatic carbocycles. The van der Waals surface area contributed by atoms with Gasteiger partial charge in [-0.1, -0.05) is 42.5 Å². The van der Waals surface area contributed by atoms with Crippen molar-refractivity contribution in [2.24, 2.45) is 5.92 Å². The SMILES string of the molecule is O=C(O)CCCc1cccc(NCC(CS)C(=O)c2ccccc2)c1. The number of hydrogen-bond acceptors (Lipinski definition) is 4. The Morgan fingerprint density at radius 1 is 1.08 bits per heavy atom. The minimum Gasteiger partial charge on any atom is -0.481 e. The van der Waals surface area contributed by atoms with E-state index in [1.165, 1.54) is 0 Å². The van der Waals surface area contributed by atoms with Gasteiger partial charge in [-0.25, -0.2) is 0 Å². The molecule has 2 N–H and O–H groups in total. The zero-order chi connectivity index (χ0) is 18.1. The van der Waals surface area contributed by atoms with Gasteiger partial charge >= 0.3 is 5.97 Å². The average molecular weight is 357 g/mol. The van der Waals surface area contributed by atoms with E-state index in [0.29, 0.717) is 24.3 Å². The van der Waals surface area contributed by atoms with Crippen LogP contribution >= 0.6 is 12.6 Å². The topological polar surface area (TPSA) is 66.4 Å². The van der Waals surface area contributed by atoms with Crippen molar-refractivity contribution >= 4 is 30.1 Å². The summed E-state index contributed by atoms with van der Waals surface area (Å²) in [5.74, 6) is -0.425. The van der Waals surface area contributed by atoms with E-state index in [4.69, 9.17) is 5.11 Å². The molecule has 0 bridgehead atoms. The van der Waals surface area contributed by atoms with Crippen molar-refractivity contribution in [3.05, 3.63) is 65.7 Å². The molecule has 1 atom stereocenters. The minimum absolute atomic E-state index is 0.0840. The van der Waals surface area contributed by atoms with Gasteiger partial charge in [-0.15, -0.1) is 0 Å². The van der Waals surface area contributed by atoms with E-state index < -0.39 is 5.97 Å². The molecule has 0 radical (unpaired) electrons. The quantitative estimate of drug-likeness (QED) is 0.445. The highest BCUT2D eigenvalue weighted by molar-refractivity contribution is 7.80. The molecule has 2 aromatic rings. The molecule has 0 aliphatic carbocycles. The smallest absolute Gasteiger partial charge is 0.303 e. The normalized spacial score (nSPS) is 11.7. The van der Waals surface area contributed by atoms with Crippen LogP contribution in [0.1, 0.15) is 28.8 Å². The maximum absolute atomic E-state index is 12.5. The number of carboxylic acids is 1. The van der Waals surface area contributed by atoms with Crippen molar-refractivity contribution in [2.75, 3.05) is 17.6 Å². The maximum Gasteiger partial charge on any atom is 0.303 e. The van der Waals surface area contributed by atoms with Crippen LogP contribution in [-0.2, 0) is 11.2 Å². The number of Topliss-reactive ketones (excluding diaryl/α,β-unsaturated/α-hetero) is 1. The van der Waals surface area contributed by atoms with E-state index >= 15 is 0 Å². The van der Waals surface area contributed by atoms with Crippen LogP contribution in [-0.4, -0.2) is 29.2 Å². The molecule has 2 rings (SSSR count). The van der Waals surface area contributed by atoms with Crippen LogP contribution < -0.4 is 5.32 Å². The van der Waals surface area contributed by atoms with E-state index in [0.717, 1.165) is 17.7 Å². The number of rotatable bonds is 10. The number of nitrogens with one attached hydrogen (secondary N) is 1. The average Bonchev–Trinajstić information content (AvgIpc) is 2.63. The van der Waals surface area contributed by atoms with Gasteiger partial charge in [0.05, 0.1) is 0 Å². The number of carboxylic acid groups (broad SMARTS) is 1. The molecule has 0 amide bonds. The van der Waals surface area contributed by atoms with E-state index in [-0.39, 0.29) is 18.1 Å². The summed E-state index contributed by atoms with van der Waals surface area (Å²) in [7, 11) is 0. The maximum atomic E-state index is 12.5. The van der Waals surface area contributed by atoms with Crippen LogP contribution in [0.2, 0.25) is 0 Å². The first-order valence-electron chi connectivity index (χ1n) is 8.35. The van der Waals surface area contributed by atoms with Gasteiger partial charge in [0.2, 0.25) is 0 Å². The lowest BCUT2D eigenvalue weighted by molar-refractivity contribution is -0.137. The predicted octanol–water partition coefficient (Wildman–Crippen LogP) is 3.93. The zero-order valence-corrected chi connectivity index (χ0v) is 14.9. The summed E-state index contributed by atoms with van der Waals surface area (Å²) in [6.45, 7) is 0.510. The fourth-order valence-electron chi connectivity index (χ4n) is 2.60. The van der Waals surface area contributed by atoms with Crippen molar-refractivity contribution in [1.82, 2.24) is 0 Å². The lowest BCUT2D eigenvalue weighted by atomic mass is 9.99. The molecular weight excluding hydrogens is 334 g/mol. The van der Waals surface area contributed by atoms with E-state index in [1.807, 2.05) is 54.6 Å². The summed E-state index contributed by atoms with van der Waals surface area (Å²) in [5.41, 5.74) is 2.72. The number of hydrogen-bond donors (Lipinski definition) is 3. The van der Waals surface area contributed by atoms with Gasteiger partial charge in [-0.2, -0.15) is 12.6 Å². The fraction of sp³-hybridized carbons (Fsp3) is 0.300. The molecule has 5 heteroatoms. The van der Waals surface area contributed by atoms with Crippen molar-refractivity contribution in [3.63, 3.8) is 0 Å². The number of anilines is 1. The van der Waals surface area contributed by atoms with Crippen molar-refractivity contribution in [1.29, 1.82) is 0 Å². The molecule has 0 aliphatic heterocycles. The predicted molar refractivity (Wildman–Crippen MR) is 104 cm³/mol. The number of carbonyl (C=O) groups is 2. The highest BCUT2D eigenvalue weighted by atomic mass is 32.1. The minimum atomic E-state index is -0.773. The van der Waals surface area contributed by atoms with Crippen LogP contribution in [0.4, 0.5) is 5.69 Å². The van der Waals surface area contributed by atoms with Gasteiger partial charge in [0.1, 0.15) is 0 Å². The van der Waals surface area contributed by atoms with E-state index in [1.54, 1.807) is 0 Å². The first-order valence-corrected chi connectivity index (χ1v) is 8.98. The van der Waals surface area contributed by atoms with Gasteiger partial charge in [0.25, 0.3) is 0 Å². The number of ketones is 1. The second-order valence-corrected chi connectivity index (χ2v) is 6.30. The summed E-state index contributed by atoms with van der Waals surface area (Å²) in [6.07, 6.45) is 1.51. The molecule has 1 unspecified atom stereocenters. The third kappa shape index (κ3) is 6.27. The molecule has 25 heavy (non-hydrogen) atoms. The first-order chi connectivity index (χ1) is 12.1. The standard InChI is InChI=1S/C20H23NO3S/c22-19(23)11-5-7-15-6-4-10-18(12-15)21-13-17(14-25)20(24)16-8-2-1-3-9-16/h1-4,6,8-10,12,17,21,25H,5,7,11,13-14H2,(H,22,23). The Morgan fingerprint density at radius 3 is 2.52 bits per heavy atom. The van der Waals surface area contributed by atoms with Gasteiger partial charge in [-0.05, 0) is 30.5 Å². The highest BCUT2D eigenvalue weighted by Gasteiger charge is 2.18. The molecule has 0 saturated heterocycles. The summed E-state index contributed by atoms with van der Waals surface area (Å²) in [5, 5.41) is 12.0. The molecule has 4 nitrogen and oxygen atoms in total. The van der Waals surface area contributed by atoms with Crippen molar-refractivity contribution in [3.8, 4) is 0 Å². The third-order valence-corrected chi connectivity index (χ3v) is 4.43. The second-order valence-electron chi connectivity index (χ2n) is 5.94. The van der Waals surface area contributed by atoms with E-state index in [9.17, 15) is 9.59 Å². The van der Waals surface area contributed by atoms with E-state index in [2.05, 4.69) is 17.9 Å². The lowest BCUT2D eigenvalue weighted by Gasteiger charge is -2.16. The number of thiol groups is 1. The van der Waals surface area contributed by atoms with Crippen LogP contribution in [0, 0.1) is 5.92 Å². The van der Waals surface area contributed by atoms with Crippen molar-refractivity contribution < 1.29 is 14.7 Å². The largest absolute Gasteiger partial charge is 0.481 e. The van der Waals surface area contributed by atoms with Gasteiger partial charge in [0, 0.05) is 35.9 Å². The van der Waals surface area contributed by atoms with Crippen molar-refractivity contribution in [2.45, 2.75) is 19.3 Å². The first kappa shape index (κ1) is 19.1. The van der Waals surface area contributed by atoms with Crippen LogP contribution in [0.25, 0.3) is 0 Å². The van der Waals surface area contributed by atoms with Crippen LogP contribution in [0.15, 0.2) is 54.6 Å². The monoisotopic (exact) mass is 357 g/mol. The molecule has 0 fully saturated rings. The molecule has 0 heterocycles. The summed E-state index contributed by atoms with van der Waals surface area (Å²) in [4.78, 5) is 23.1.